The van der Waals surface area contributed by atoms with E-state index in [4.69, 9.17) is 4.98 Å². The van der Waals surface area contributed by atoms with Crippen LogP contribution in [0.25, 0.3) is 28.0 Å². The highest BCUT2D eigenvalue weighted by Gasteiger charge is 2.33. The fraction of sp³-hybridized carbons (Fsp3) is 0.400. The van der Waals surface area contributed by atoms with Crippen LogP contribution in [-0.2, 0) is 19.1 Å². The Balaban J connectivity index is 1.33. The van der Waals surface area contributed by atoms with Crippen LogP contribution >= 0.6 is 0 Å². The molecule has 5 heterocycles. The number of nitrogens with one attached hydrogen (secondary N) is 1. The highest BCUT2D eigenvalue weighted by Crippen LogP contribution is 2.34. The highest BCUT2D eigenvalue weighted by atomic mass is 19.4. The summed E-state index contributed by atoms with van der Waals surface area (Å²) in [6, 6.07) is 7.64. The summed E-state index contributed by atoms with van der Waals surface area (Å²) in [5.74, 6) is -0.585. The zero-order valence-electron chi connectivity index (χ0n) is 24.9. The lowest BCUT2D eigenvalue weighted by Gasteiger charge is -2.22. The van der Waals surface area contributed by atoms with Gasteiger partial charge in [-0.2, -0.15) is 23.4 Å². The lowest BCUT2D eigenvalue weighted by atomic mass is 9.90. The number of carbonyl (C=O) groups is 1. The van der Waals surface area contributed by atoms with Crippen LogP contribution in [0.3, 0.4) is 0 Å². The van der Waals surface area contributed by atoms with E-state index in [1.807, 2.05) is 64.5 Å². The van der Waals surface area contributed by atoms with E-state index in [0.29, 0.717) is 17.8 Å². The Hall–Kier alpha value is -4.59. The average molecular weight is 607 g/mol. The van der Waals surface area contributed by atoms with Gasteiger partial charge >= 0.3 is 6.18 Å². The second-order valence-corrected chi connectivity index (χ2v) is 12.2. The van der Waals surface area contributed by atoms with Gasteiger partial charge in [0, 0.05) is 43.4 Å². The van der Waals surface area contributed by atoms with Gasteiger partial charge < -0.3 is 5.32 Å². The van der Waals surface area contributed by atoms with Crippen LogP contribution in [0.5, 0.6) is 0 Å². The summed E-state index contributed by atoms with van der Waals surface area (Å²) >= 11 is 0. The molecule has 5 aromatic rings. The molecule has 0 fully saturated rings. The maximum absolute atomic E-state index is 13.5. The van der Waals surface area contributed by atoms with Crippen LogP contribution < -0.4 is 5.32 Å². The smallest absolute Gasteiger partial charge is 0.350 e. The van der Waals surface area contributed by atoms with E-state index in [1.165, 1.54) is 4.90 Å². The third-order valence-electron chi connectivity index (χ3n) is 7.76. The molecule has 0 aliphatic carbocycles. The van der Waals surface area contributed by atoms with Gasteiger partial charge in [-0.15, -0.1) is 5.10 Å². The fourth-order valence-electron chi connectivity index (χ4n) is 5.54. The lowest BCUT2D eigenvalue weighted by molar-refractivity contribution is -0.147. The van der Waals surface area contributed by atoms with E-state index in [2.05, 4.69) is 25.8 Å². The van der Waals surface area contributed by atoms with Crippen molar-refractivity contribution in [2.24, 2.45) is 7.05 Å². The number of nitrogens with zero attached hydrogens (tertiary/aromatic N) is 9. The van der Waals surface area contributed by atoms with Crippen LogP contribution in [0, 0.1) is 0 Å². The van der Waals surface area contributed by atoms with Crippen LogP contribution in [0.15, 0.2) is 55.2 Å². The molecule has 0 saturated heterocycles. The number of alkyl halides is 3. The molecule has 1 aromatic carbocycles. The van der Waals surface area contributed by atoms with Crippen molar-refractivity contribution in [1.29, 1.82) is 0 Å². The minimum Gasteiger partial charge on any atom is -0.350 e. The summed E-state index contributed by atoms with van der Waals surface area (Å²) in [4.78, 5) is 19.3. The Labute approximate surface area is 251 Å². The summed E-state index contributed by atoms with van der Waals surface area (Å²) in [5.41, 5.74) is 5.18. The standard InChI is InChI=1S/C30H33F3N10O/c1-29(2,3)43-17-25(38-39-43)28(44)34-12-20-8-10-41(18-30(31,32)33)15-21-11-19(5-6-23(20)21)27-26-7-9-35-42(26)16-24(37-27)22-13-36-40(4)14-22/h5-7,9,11,13-14,16-17,20H,8,10,12,15,18H2,1-4H3,(H,34,44)/t20-/m0/s1. The van der Waals surface area contributed by atoms with Gasteiger partial charge in [0.25, 0.3) is 5.91 Å². The van der Waals surface area contributed by atoms with Crippen LogP contribution in [-0.4, -0.2) is 76.0 Å². The van der Waals surface area contributed by atoms with Gasteiger partial charge in [-0.25, -0.2) is 14.2 Å². The molecule has 1 aliphatic rings. The third-order valence-corrected chi connectivity index (χ3v) is 7.76. The molecule has 0 spiro atoms. The molecule has 11 nitrogen and oxygen atoms in total. The maximum atomic E-state index is 13.5. The van der Waals surface area contributed by atoms with Gasteiger partial charge in [0.05, 0.1) is 53.8 Å². The quantitative estimate of drug-likeness (QED) is 0.305. The molecule has 14 heteroatoms. The maximum Gasteiger partial charge on any atom is 0.401 e. The Morgan fingerprint density at radius 1 is 1.07 bits per heavy atom. The van der Waals surface area contributed by atoms with E-state index in [9.17, 15) is 18.0 Å². The Morgan fingerprint density at radius 3 is 2.59 bits per heavy atom. The summed E-state index contributed by atoms with van der Waals surface area (Å²) in [7, 11) is 1.82. The monoisotopic (exact) mass is 606 g/mol. The number of aryl methyl sites for hydroxylation is 1. The van der Waals surface area contributed by atoms with Crippen LogP contribution in [0.1, 0.15) is 54.7 Å². The molecule has 0 unspecified atom stereocenters. The lowest BCUT2D eigenvalue weighted by Crippen LogP contribution is -2.34. The summed E-state index contributed by atoms with van der Waals surface area (Å²) in [5, 5.41) is 19.7. The van der Waals surface area contributed by atoms with Gasteiger partial charge in [0.15, 0.2) is 5.69 Å². The zero-order valence-corrected chi connectivity index (χ0v) is 24.9. The molecule has 4 aromatic heterocycles. The SMILES string of the molecule is Cn1cc(-c2cn3nccc3c(-c3ccc4c(c3)CN(CC(F)(F)F)CC[C@H]4CNC(=O)c3cn(C(C)(C)C)nn3)n2)cn1. The van der Waals surface area contributed by atoms with Gasteiger partial charge in [0.1, 0.15) is 0 Å². The summed E-state index contributed by atoms with van der Waals surface area (Å²) in [6.07, 6.45) is 4.78. The first kappa shape index (κ1) is 29.5. The molecule has 6 rings (SSSR count). The normalized spacial score (nSPS) is 16.2. The van der Waals surface area contributed by atoms with Crippen molar-refractivity contribution in [3.63, 3.8) is 0 Å². The Kier molecular flexibility index (Phi) is 7.48. The molecule has 1 amide bonds. The van der Waals surface area contributed by atoms with Gasteiger partial charge in [-0.3, -0.25) is 14.4 Å². The molecular formula is C30H33F3N10O. The summed E-state index contributed by atoms with van der Waals surface area (Å²) in [6.45, 7) is 5.43. The van der Waals surface area contributed by atoms with E-state index in [0.717, 1.165) is 27.8 Å². The van der Waals surface area contributed by atoms with Crippen LogP contribution in [0.4, 0.5) is 13.2 Å². The van der Waals surface area contributed by atoms with E-state index >= 15 is 0 Å². The van der Waals surface area contributed by atoms with Crippen molar-refractivity contribution in [1.82, 2.24) is 49.6 Å². The van der Waals surface area contributed by atoms with Gasteiger partial charge in [-0.05, 0) is 57.0 Å². The van der Waals surface area contributed by atoms with Crippen molar-refractivity contribution < 1.29 is 18.0 Å². The summed E-state index contributed by atoms with van der Waals surface area (Å²) < 4.78 is 45.6. The number of aromatic nitrogens is 8. The van der Waals surface area contributed by atoms with Crippen molar-refractivity contribution in [3.8, 4) is 22.5 Å². The second-order valence-electron chi connectivity index (χ2n) is 12.2. The van der Waals surface area contributed by atoms with E-state index < -0.39 is 12.7 Å². The molecule has 0 saturated carbocycles. The molecule has 0 radical (unpaired) electrons. The second kappa shape index (κ2) is 11.2. The van der Waals surface area contributed by atoms with Crippen molar-refractivity contribution in [3.05, 3.63) is 72.1 Å². The van der Waals surface area contributed by atoms with E-state index in [-0.39, 0.29) is 42.7 Å². The van der Waals surface area contributed by atoms with Crippen molar-refractivity contribution >= 4 is 11.4 Å². The molecule has 1 N–H and O–H groups in total. The first-order valence-electron chi connectivity index (χ1n) is 14.3. The largest absolute Gasteiger partial charge is 0.401 e. The molecule has 230 valence electrons. The average Bonchev–Trinajstić information content (AvgIpc) is 3.70. The first-order valence-corrected chi connectivity index (χ1v) is 14.3. The van der Waals surface area contributed by atoms with Gasteiger partial charge in [0.2, 0.25) is 0 Å². The first-order chi connectivity index (χ1) is 20.8. The molecule has 1 aliphatic heterocycles. The van der Waals surface area contributed by atoms with E-state index in [1.54, 1.807) is 32.5 Å². The minimum atomic E-state index is -4.34. The predicted octanol–water partition coefficient (Wildman–Crippen LogP) is 4.42. The third kappa shape index (κ3) is 6.20. The van der Waals surface area contributed by atoms with Crippen molar-refractivity contribution in [2.45, 2.75) is 51.4 Å². The Bertz CT molecular complexity index is 1810. The van der Waals surface area contributed by atoms with Crippen LogP contribution in [0.2, 0.25) is 0 Å². The number of hydrogen-bond acceptors (Lipinski definition) is 7. The van der Waals surface area contributed by atoms with Gasteiger partial charge in [-0.1, -0.05) is 17.3 Å². The zero-order chi connectivity index (χ0) is 31.2. The number of hydrogen-bond donors (Lipinski definition) is 1. The number of amides is 1. The number of rotatable bonds is 6. The highest BCUT2D eigenvalue weighted by molar-refractivity contribution is 5.91. The molecule has 0 bridgehead atoms. The number of fused-ring (bicyclic) bond motifs is 2. The Morgan fingerprint density at radius 2 is 1.89 bits per heavy atom. The topological polar surface area (TPSA) is 111 Å². The molecular weight excluding hydrogens is 573 g/mol. The van der Waals surface area contributed by atoms with Crippen molar-refractivity contribution in [2.75, 3.05) is 19.6 Å². The fourth-order valence-corrected chi connectivity index (χ4v) is 5.54. The minimum absolute atomic E-state index is 0.116. The molecule has 44 heavy (non-hydrogen) atoms. The number of benzene rings is 1. The number of carbonyl (C=O) groups excluding carboxylic acids is 1. The predicted molar refractivity (Wildman–Crippen MR) is 157 cm³/mol. The molecule has 1 atom stereocenters. The number of halogens is 3.